The van der Waals surface area contributed by atoms with Gasteiger partial charge < -0.3 is 24.7 Å². The average Bonchev–Trinajstić information content (AvgIpc) is 2.43. The standard InChI is InChI=1S/C15H23NO4/c1-11(16)7-13-9-14(18-3)12(8-15(13)19-4)5-6-20-10-17-2/h7-9H,5-6,10,16H2,1-4H3/b11-7+. The summed E-state index contributed by atoms with van der Waals surface area (Å²) in [6.45, 7) is 2.67. The number of ether oxygens (including phenoxy) is 4. The van der Waals surface area contributed by atoms with Crippen LogP contribution in [0.25, 0.3) is 6.08 Å². The second kappa shape index (κ2) is 8.45. The van der Waals surface area contributed by atoms with Crippen LogP contribution in [0.4, 0.5) is 0 Å². The molecule has 112 valence electrons. The molecule has 1 aromatic carbocycles. The summed E-state index contributed by atoms with van der Waals surface area (Å²) < 4.78 is 21.0. The number of rotatable bonds is 8. The molecule has 1 rings (SSSR count). The van der Waals surface area contributed by atoms with Crippen LogP contribution in [0.15, 0.2) is 17.8 Å². The zero-order chi connectivity index (χ0) is 15.0. The van der Waals surface area contributed by atoms with Crippen molar-refractivity contribution in [3.63, 3.8) is 0 Å². The van der Waals surface area contributed by atoms with Crippen molar-refractivity contribution in [2.45, 2.75) is 13.3 Å². The molecule has 0 heterocycles. The Morgan fingerprint density at radius 3 is 2.40 bits per heavy atom. The summed E-state index contributed by atoms with van der Waals surface area (Å²) in [4.78, 5) is 0. The second-order valence-corrected chi connectivity index (χ2v) is 4.36. The fourth-order valence-corrected chi connectivity index (χ4v) is 1.86. The van der Waals surface area contributed by atoms with E-state index < -0.39 is 0 Å². The maximum Gasteiger partial charge on any atom is 0.146 e. The van der Waals surface area contributed by atoms with Crippen molar-refractivity contribution in [2.75, 3.05) is 34.7 Å². The molecule has 0 fully saturated rings. The lowest BCUT2D eigenvalue weighted by Crippen LogP contribution is -2.04. The molecule has 0 atom stereocenters. The molecule has 0 aliphatic carbocycles. The van der Waals surface area contributed by atoms with Gasteiger partial charge in [-0.25, -0.2) is 0 Å². The molecule has 0 aromatic heterocycles. The highest BCUT2D eigenvalue weighted by molar-refractivity contribution is 5.63. The van der Waals surface area contributed by atoms with E-state index in [0.717, 1.165) is 22.6 Å². The van der Waals surface area contributed by atoms with Gasteiger partial charge in [-0.1, -0.05) is 0 Å². The highest BCUT2D eigenvalue weighted by Crippen LogP contribution is 2.30. The molecule has 20 heavy (non-hydrogen) atoms. The lowest BCUT2D eigenvalue weighted by Gasteiger charge is -2.13. The van der Waals surface area contributed by atoms with Crippen LogP contribution in [0.5, 0.6) is 11.5 Å². The first-order valence-corrected chi connectivity index (χ1v) is 6.37. The average molecular weight is 281 g/mol. The molecule has 0 saturated heterocycles. The second-order valence-electron chi connectivity index (χ2n) is 4.36. The van der Waals surface area contributed by atoms with Gasteiger partial charge in [0.1, 0.15) is 18.3 Å². The van der Waals surface area contributed by atoms with Crippen LogP contribution < -0.4 is 15.2 Å². The van der Waals surface area contributed by atoms with Crippen molar-refractivity contribution in [1.29, 1.82) is 0 Å². The van der Waals surface area contributed by atoms with Gasteiger partial charge in [-0.3, -0.25) is 0 Å². The molecule has 0 radical (unpaired) electrons. The van der Waals surface area contributed by atoms with Gasteiger partial charge in [-0.15, -0.1) is 0 Å². The Balaban J connectivity index is 2.97. The first kappa shape index (κ1) is 16.3. The highest BCUT2D eigenvalue weighted by Gasteiger charge is 2.10. The third-order valence-corrected chi connectivity index (χ3v) is 2.73. The lowest BCUT2D eigenvalue weighted by molar-refractivity contribution is -0.0292. The van der Waals surface area contributed by atoms with Crippen molar-refractivity contribution < 1.29 is 18.9 Å². The molecule has 0 amide bonds. The number of allylic oxidation sites excluding steroid dienone is 1. The summed E-state index contributed by atoms with van der Waals surface area (Å²) in [6.07, 6.45) is 2.57. The SMILES string of the molecule is COCOCCc1cc(OC)c(/C=C(\C)N)cc1OC. The Kier molecular flexibility index (Phi) is 6.90. The third kappa shape index (κ3) is 4.75. The molecule has 0 bridgehead atoms. The minimum absolute atomic E-state index is 0.284. The quantitative estimate of drug-likeness (QED) is 0.584. The zero-order valence-corrected chi connectivity index (χ0v) is 12.6. The zero-order valence-electron chi connectivity index (χ0n) is 12.6. The van der Waals surface area contributed by atoms with Gasteiger partial charge >= 0.3 is 0 Å². The van der Waals surface area contributed by atoms with E-state index in [4.69, 9.17) is 24.7 Å². The van der Waals surface area contributed by atoms with E-state index in [9.17, 15) is 0 Å². The number of nitrogens with two attached hydrogens (primary N) is 1. The Labute approximate surface area is 120 Å². The van der Waals surface area contributed by atoms with Gasteiger partial charge in [0.25, 0.3) is 0 Å². The Hall–Kier alpha value is -1.72. The van der Waals surface area contributed by atoms with E-state index in [-0.39, 0.29) is 6.79 Å². The Bertz CT molecular complexity index is 453. The summed E-state index contributed by atoms with van der Waals surface area (Å²) >= 11 is 0. The highest BCUT2D eigenvalue weighted by atomic mass is 16.7. The molecule has 0 aliphatic rings. The van der Waals surface area contributed by atoms with Gasteiger partial charge in [0, 0.05) is 23.9 Å². The van der Waals surface area contributed by atoms with Crippen LogP contribution in [-0.4, -0.2) is 34.7 Å². The van der Waals surface area contributed by atoms with Gasteiger partial charge in [0.2, 0.25) is 0 Å². The minimum atomic E-state index is 0.284. The first-order chi connectivity index (χ1) is 9.62. The summed E-state index contributed by atoms with van der Waals surface area (Å²) in [7, 11) is 4.88. The third-order valence-electron chi connectivity index (χ3n) is 2.73. The normalized spacial score (nSPS) is 11.5. The number of hydrogen-bond acceptors (Lipinski definition) is 5. The smallest absolute Gasteiger partial charge is 0.146 e. The summed E-state index contributed by atoms with van der Waals surface area (Å²) in [5, 5.41) is 0. The van der Waals surface area contributed by atoms with Crippen LogP contribution >= 0.6 is 0 Å². The van der Waals surface area contributed by atoms with Gasteiger partial charge in [-0.2, -0.15) is 0 Å². The fourth-order valence-electron chi connectivity index (χ4n) is 1.86. The first-order valence-electron chi connectivity index (χ1n) is 6.37. The summed E-state index contributed by atoms with van der Waals surface area (Å²) in [5.74, 6) is 1.55. The predicted molar refractivity (Wildman–Crippen MR) is 78.9 cm³/mol. The Morgan fingerprint density at radius 2 is 1.85 bits per heavy atom. The van der Waals surface area contributed by atoms with Crippen LogP contribution in [0.3, 0.4) is 0 Å². The molecular weight excluding hydrogens is 258 g/mol. The molecule has 5 heteroatoms. The molecular formula is C15H23NO4. The number of methoxy groups -OCH3 is 3. The van der Waals surface area contributed by atoms with Crippen LogP contribution in [0.2, 0.25) is 0 Å². The summed E-state index contributed by atoms with van der Waals surface area (Å²) in [5.41, 5.74) is 8.35. The fraction of sp³-hybridized carbons (Fsp3) is 0.467. The van der Waals surface area contributed by atoms with Crippen LogP contribution in [0.1, 0.15) is 18.1 Å². The lowest BCUT2D eigenvalue weighted by atomic mass is 10.1. The van der Waals surface area contributed by atoms with Crippen molar-refractivity contribution in [2.24, 2.45) is 5.73 Å². The molecule has 0 spiro atoms. The van der Waals surface area contributed by atoms with Crippen LogP contribution in [-0.2, 0) is 15.9 Å². The van der Waals surface area contributed by atoms with Crippen molar-refractivity contribution in [1.82, 2.24) is 0 Å². The Morgan fingerprint density at radius 1 is 1.15 bits per heavy atom. The van der Waals surface area contributed by atoms with Crippen molar-refractivity contribution in [3.8, 4) is 11.5 Å². The van der Waals surface area contributed by atoms with Gasteiger partial charge in [-0.05, 0) is 31.6 Å². The van der Waals surface area contributed by atoms with E-state index in [1.165, 1.54) is 0 Å². The number of hydrogen-bond donors (Lipinski definition) is 1. The minimum Gasteiger partial charge on any atom is -0.496 e. The number of benzene rings is 1. The van der Waals surface area contributed by atoms with E-state index in [0.29, 0.717) is 18.7 Å². The molecule has 2 N–H and O–H groups in total. The van der Waals surface area contributed by atoms with Crippen molar-refractivity contribution in [3.05, 3.63) is 29.0 Å². The van der Waals surface area contributed by atoms with E-state index in [1.807, 2.05) is 25.1 Å². The topological polar surface area (TPSA) is 62.9 Å². The molecule has 1 aromatic rings. The summed E-state index contributed by atoms with van der Waals surface area (Å²) in [6, 6.07) is 3.87. The largest absolute Gasteiger partial charge is 0.496 e. The maximum atomic E-state index is 5.72. The van der Waals surface area contributed by atoms with Gasteiger partial charge in [0.15, 0.2) is 0 Å². The van der Waals surface area contributed by atoms with Gasteiger partial charge in [0.05, 0.1) is 20.8 Å². The van der Waals surface area contributed by atoms with E-state index in [1.54, 1.807) is 21.3 Å². The monoisotopic (exact) mass is 281 g/mol. The van der Waals surface area contributed by atoms with E-state index >= 15 is 0 Å². The molecule has 5 nitrogen and oxygen atoms in total. The van der Waals surface area contributed by atoms with Crippen molar-refractivity contribution >= 4 is 6.08 Å². The maximum absolute atomic E-state index is 5.72. The molecule has 0 aliphatic heterocycles. The predicted octanol–water partition coefficient (Wildman–Crippen LogP) is 2.19. The van der Waals surface area contributed by atoms with Crippen LogP contribution in [0, 0.1) is 0 Å². The molecule has 0 saturated carbocycles. The molecule has 0 unspecified atom stereocenters. The van der Waals surface area contributed by atoms with E-state index in [2.05, 4.69) is 0 Å².